The summed E-state index contributed by atoms with van der Waals surface area (Å²) in [5.74, 6) is 0.712. The first kappa shape index (κ1) is 20.1. The summed E-state index contributed by atoms with van der Waals surface area (Å²) in [5.41, 5.74) is 3.15. The van der Waals surface area contributed by atoms with E-state index in [2.05, 4.69) is 53.6 Å². The summed E-state index contributed by atoms with van der Waals surface area (Å²) in [6.45, 7) is 6.05. The van der Waals surface area contributed by atoms with Gasteiger partial charge in [0.2, 0.25) is 0 Å². The van der Waals surface area contributed by atoms with Crippen molar-refractivity contribution in [3.63, 3.8) is 0 Å². The van der Waals surface area contributed by atoms with Gasteiger partial charge in [-0.3, -0.25) is 0 Å². The van der Waals surface area contributed by atoms with Gasteiger partial charge in [0.1, 0.15) is 0 Å². The number of benzene rings is 2. The Labute approximate surface area is 176 Å². The number of rotatable bonds is 5. The number of amides is 1. The van der Waals surface area contributed by atoms with Crippen molar-refractivity contribution in [2.24, 2.45) is 0 Å². The van der Waals surface area contributed by atoms with Gasteiger partial charge >= 0.3 is 6.09 Å². The number of carbonyl (C=O) groups is 1. The summed E-state index contributed by atoms with van der Waals surface area (Å²) < 4.78 is 5.18. The van der Waals surface area contributed by atoms with E-state index >= 15 is 0 Å². The van der Waals surface area contributed by atoms with Gasteiger partial charge in [0.15, 0.2) is 5.82 Å². The second-order valence-electron chi connectivity index (χ2n) is 7.76. The molecule has 2 heterocycles. The Bertz CT molecular complexity index is 976. The molecule has 4 rings (SSSR count). The number of ether oxygens (including phenoxy) is 1. The zero-order chi connectivity index (χ0) is 21.0. The van der Waals surface area contributed by atoms with Crippen molar-refractivity contribution in [2.45, 2.75) is 38.6 Å². The monoisotopic (exact) mass is 405 g/mol. The average molecular weight is 406 g/mol. The van der Waals surface area contributed by atoms with Crippen molar-refractivity contribution in [3.8, 4) is 0 Å². The Balaban J connectivity index is 1.59. The van der Waals surface area contributed by atoms with Crippen molar-refractivity contribution in [1.82, 2.24) is 25.1 Å². The van der Waals surface area contributed by atoms with Gasteiger partial charge in [-0.25, -0.2) is 4.79 Å². The summed E-state index contributed by atoms with van der Waals surface area (Å²) in [5, 5.41) is 13.6. The molecule has 0 atom stereocenters. The summed E-state index contributed by atoms with van der Waals surface area (Å²) in [7, 11) is 0. The smallest absolute Gasteiger partial charge is 0.409 e. The summed E-state index contributed by atoms with van der Waals surface area (Å²) >= 11 is 0. The van der Waals surface area contributed by atoms with Crippen LogP contribution in [0.1, 0.15) is 42.3 Å². The van der Waals surface area contributed by atoms with E-state index in [0.29, 0.717) is 32.1 Å². The average Bonchev–Trinajstić information content (AvgIpc) is 3.25. The molecule has 0 unspecified atom stereocenters. The molecule has 0 spiro atoms. The largest absolute Gasteiger partial charge is 0.450 e. The molecular weight excluding hydrogens is 378 g/mol. The molecule has 0 N–H and O–H groups in total. The van der Waals surface area contributed by atoms with Crippen LogP contribution in [-0.2, 0) is 16.7 Å². The number of nitrogens with zero attached hydrogens (tertiary/aromatic N) is 5. The highest BCUT2D eigenvalue weighted by Gasteiger charge is 2.42. The van der Waals surface area contributed by atoms with Crippen molar-refractivity contribution < 1.29 is 9.53 Å². The molecule has 1 aliphatic heterocycles. The summed E-state index contributed by atoms with van der Waals surface area (Å²) in [4.78, 5) is 15.6. The van der Waals surface area contributed by atoms with Crippen LogP contribution in [0.15, 0.2) is 54.6 Å². The minimum Gasteiger partial charge on any atom is -0.450 e. The second kappa shape index (κ2) is 8.65. The van der Waals surface area contributed by atoms with E-state index < -0.39 is 0 Å². The Morgan fingerprint density at radius 1 is 1.07 bits per heavy atom. The zero-order valence-corrected chi connectivity index (χ0v) is 17.5. The minimum absolute atomic E-state index is 0.254. The lowest BCUT2D eigenvalue weighted by Gasteiger charge is -2.39. The number of aromatic nitrogens is 4. The van der Waals surface area contributed by atoms with E-state index in [1.165, 1.54) is 5.56 Å². The number of tetrazole rings is 1. The molecule has 1 fully saturated rings. The predicted octanol–water partition coefficient (Wildman–Crippen LogP) is 3.57. The number of likely N-dealkylation sites (tertiary alicyclic amines) is 1. The molecule has 0 radical (unpaired) electrons. The number of hydrogen-bond acceptors (Lipinski definition) is 5. The van der Waals surface area contributed by atoms with Gasteiger partial charge in [0.05, 0.1) is 18.6 Å². The van der Waals surface area contributed by atoms with E-state index in [1.807, 2.05) is 25.1 Å². The molecular formula is C23H27N5O2. The van der Waals surface area contributed by atoms with Crippen molar-refractivity contribution in [2.75, 3.05) is 19.7 Å². The van der Waals surface area contributed by atoms with E-state index in [0.717, 1.165) is 24.0 Å². The fourth-order valence-electron chi connectivity index (χ4n) is 4.04. The topological polar surface area (TPSA) is 73.1 Å². The predicted molar refractivity (Wildman–Crippen MR) is 113 cm³/mol. The third kappa shape index (κ3) is 4.06. The van der Waals surface area contributed by atoms with Crippen molar-refractivity contribution in [3.05, 3.63) is 77.1 Å². The Morgan fingerprint density at radius 2 is 1.77 bits per heavy atom. The Kier molecular flexibility index (Phi) is 5.79. The standard InChI is InChI=1S/C23H27N5O2/c1-3-30-22(29)27-15-13-23(14-16-27,20-7-5-4-6-8-20)21-24-26-28(25-21)17-19-11-9-18(2)10-12-19/h4-12H,3,13-17H2,1-2H3. The van der Waals surface area contributed by atoms with E-state index in [1.54, 1.807) is 9.70 Å². The molecule has 2 aromatic carbocycles. The molecule has 1 amide bonds. The molecule has 0 saturated carbocycles. The normalized spacial score (nSPS) is 15.7. The van der Waals surface area contributed by atoms with Crippen LogP contribution in [0, 0.1) is 6.92 Å². The third-order valence-corrected chi connectivity index (χ3v) is 5.79. The van der Waals surface area contributed by atoms with Crippen LogP contribution in [-0.4, -0.2) is 50.9 Å². The van der Waals surface area contributed by atoms with Crippen LogP contribution in [0.25, 0.3) is 0 Å². The lowest BCUT2D eigenvalue weighted by atomic mass is 9.72. The van der Waals surface area contributed by atoms with Gasteiger partial charge in [-0.05, 0) is 43.0 Å². The number of piperidine rings is 1. The highest BCUT2D eigenvalue weighted by Crippen LogP contribution is 2.39. The van der Waals surface area contributed by atoms with Crippen LogP contribution in [0.3, 0.4) is 0 Å². The molecule has 7 heteroatoms. The highest BCUT2D eigenvalue weighted by atomic mass is 16.6. The fourth-order valence-corrected chi connectivity index (χ4v) is 4.04. The molecule has 30 heavy (non-hydrogen) atoms. The molecule has 1 aromatic heterocycles. The maximum Gasteiger partial charge on any atom is 0.409 e. The van der Waals surface area contributed by atoms with Crippen LogP contribution >= 0.6 is 0 Å². The number of carbonyl (C=O) groups excluding carboxylic acids is 1. The van der Waals surface area contributed by atoms with Gasteiger partial charge in [-0.2, -0.15) is 4.80 Å². The van der Waals surface area contributed by atoms with E-state index in [4.69, 9.17) is 9.84 Å². The molecule has 3 aromatic rings. The second-order valence-corrected chi connectivity index (χ2v) is 7.76. The zero-order valence-electron chi connectivity index (χ0n) is 17.5. The van der Waals surface area contributed by atoms with Crippen molar-refractivity contribution in [1.29, 1.82) is 0 Å². The van der Waals surface area contributed by atoms with Gasteiger partial charge in [0, 0.05) is 13.1 Å². The van der Waals surface area contributed by atoms with Crippen LogP contribution in [0.2, 0.25) is 0 Å². The molecule has 156 valence electrons. The third-order valence-electron chi connectivity index (χ3n) is 5.79. The first-order valence-electron chi connectivity index (χ1n) is 10.4. The Hall–Kier alpha value is -3.22. The highest BCUT2D eigenvalue weighted by molar-refractivity contribution is 5.67. The van der Waals surface area contributed by atoms with Gasteiger partial charge in [0.25, 0.3) is 0 Å². The number of aryl methyl sites for hydroxylation is 1. The molecule has 0 bridgehead atoms. The number of hydrogen-bond donors (Lipinski definition) is 0. The first-order valence-corrected chi connectivity index (χ1v) is 10.4. The summed E-state index contributed by atoms with van der Waals surface area (Å²) in [6.07, 6.45) is 1.20. The Morgan fingerprint density at radius 3 is 2.43 bits per heavy atom. The molecule has 0 aliphatic carbocycles. The van der Waals surface area contributed by atoms with Crippen LogP contribution < -0.4 is 0 Å². The quantitative estimate of drug-likeness (QED) is 0.649. The lowest BCUT2D eigenvalue weighted by Crippen LogP contribution is -2.46. The van der Waals surface area contributed by atoms with Gasteiger partial charge in [-0.15, -0.1) is 10.2 Å². The van der Waals surface area contributed by atoms with Crippen LogP contribution in [0.4, 0.5) is 4.79 Å². The summed E-state index contributed by atoms with van der Waals surface area (Å²) in [6, 6.07) is 18.6. The molecule has 1 saturated heterocycles. The van der Waals surface area contributed by atoms with E-state index in [-0.39, 0.29) is 11.5 Å². The lowest BCUT2D eigenvalue weighted by molar-refractivity contribution is 0.0897. The molecule has 1 aliphatic rings. The maximum atomic E-state index is 12.2. The maximum absolute atomic E-state index is 12.2. The van der Waals surface area contributed by atoms with Crippen molar-refractivity contribution >= 4 is 6.09 Å². The van der Waals surface area contributed by atoms with E-state index in [9.17, 15) is 4.79 Å². The molecule has 7 nitrogen and oxygen atoms in total. The van der Waals surface area contributed by atoms with Crippen LogP contribution in [0.5, 0.6) is 0 Å². The SMILES string of the molecule is CCOC(=O)N1CCC(c2ccccc2)(c2nnn(Cc3ccc(C)cc3)n2)CC1. The first-order chi connectivity index (χ1) is 14.6. The van der Waals surface area contributed by atoms with Gasteiger partial charge in [-0.1, -0.05) is 60.2 Å². The van der Waals surface area contributed by atoms with Gasteiger partial charge < -0.3 is 9.64 Å². The minimum atomic E-state index is -0.365. The fraction of sp³-hybridized carbons (Fsp3) is 0.391.